The van der Waals surface area contributed by atoms with E-state index < -0.39 is 5.76 Å². The van der Waals surface area contributed by atoms with Gasteiger partial charge in [0.1, 0.15) is 0 Å². The fourth-order valence-electron chi connectivity index (χ4n) is 1.80. The maximum absolute atomic E-state index is 11.0. The zero-order valence-corrected chi connectivity index (χ0v) is 10.8. The molecule has 0 aliphatic carbocycles. The second kappa shape index (κ2) is 4.96. The molecule has 1 heterocycles. The molecule has 0 saturated heterocycles. The molecule has 1 aromatic carbocycles. The van der Waals surface area contributed by atoms with Crippen LogP contribution in [0.25, 0.3) is 11.1 Å². The van der Waals surface area contributed by atoms with Crippen molar-refractivity contribution in [3.63, 3.8) is 0 Å². The summed E-state index contributed by atoms with van der Waals surface area (Å²) in [6.07, 6.45) is 2.02. The summed E-state index contributed by atoms with van der Waals surface area (Å²) in [6, 6.07) is 5.61. The molecule has 0 saturated carbocycles. The van der Waals surface area contributed by atoms with E-state index in [0.717, 1.165) is 18.4 Å². The summed E-state index contributed by atoms with van der Waals surface area (Å²) in [4.78, 5) is 13.6. The van der Waals surface area contributed by atoms with Gasteiger partial charge in [0.05, 0.1) is 10.9 Å². The molecule has 0 radical (unpaired) electrons. The van der Waals surface area contributed by atoms with Gasteiger partial charge in [0, 0.05) is 0 Å². The minimum atomic E-state index is -0.426. The Morgan fingerprint density at radius 3 is 2.82 bits per heavy atom. The maximum atomic E-state index is 11.0. The van der Waals surface area contributed by atoms with Crippen molar-refractivity contribution in [1.29, 1.82) is 0 Å². The van der Waals surface area contributed by atoms with Crippen LogP contribution in [-0.2, 0) is 0 Å². The quantitative estimate of drug-likeness (QED) is 0.842. The van der Waals surface area contributed by atoms with Crippen molar-refractivity contribution in [2.24, 2.45) is 5.92 Å². The topological polar surface area (TPSA) is 46.0 Å². The Morgan fingerprint density at radius 2 is 2.12 bits per heavy atom. The van der Waals surface area contributed by atoms with E-state index in [9.17, 15) is 4.79 Å². The molecule has 4 heteroatoms. The van der Waals surface area contributed by atoms with Gasteiger partial charge in [0.25, 0.3) is 0 Å². The van der Waals surface area contributed by atoms with Crippen molar-refractivity contribution in [2.75, 3.05) is 0 Å². The van der Waals surface area contributed by atoms with E-state index in [0.29, 0.717) is 17.0 Å². The van der Waals surface area contributed by atoms with Gasteiger partial charge < -0.3 is 4.42 Å². The van der Waals surface area contributed by atoms with Crippen molar-refractivity contribution in [1.82, 2.24) is 4.98 Å². The normalized spacial score (nSPS) is 13.4. The number of alkyl halides is 1. The molecule has 3 nitrogen and oxygen atoms in total. The van der Waals surface area contributed by atoms with Gasteiger partial charge in [-0.2, -0.15) is 0 Å². The lowest BCUT2D eigenvalue weighted by molar-refractivity contribution is 0.546. The largest absolute Gasteiger partial charge is 0.417 e. The van der Waals surface area contributed by atoms with Crippen LogP contribution in [0.3, 0.4) is 0 Å². The Bertz CT molecular complexity index is 556. The van der Waals surface area contributed by atoms with Gasteiger partial charge >= 0.3 is 5.76 Å². The summed E-state index contributed by atoms with van der Waals surface area (Å²) < 4.78 is 5.01. The molecule has 0 bridgehead atoms. The predicted molar refractivity (Wildman–Crippen MR) is 69.5 cm³/mol. The minimum absolute atomic E-state index is 0.0259. The number of H-pyrrole nitrogens is 1. The van der Waals surface area contributed by atoms with E-state index in [4.69, 9.17) is 16.0 Å². The lowest BCUT2D eigenvalue weighted by Crippen LogP contribution is -1.94. The van der Waals surface area contributed by atoms with Crippen molar-refractivity contribution < 1.29 is 4.42 Å². The van der Waals surface area contributed by atoms with Crippen molar-refractivity contribution >= 4 is 22.7 Å². The molecule has 1 atom stereocenters. The molecule has 0 aliphatic rings. The van der Waals surface area contributed by atoms with Gasteiger partial charge in [0.15, 0.2) is 5.58 Å². The number of rotatable bonds is 4. The van der Waals surface area contributed by atoms with Crippen molar-refractivity contribution in [3.8, 4) is 0 Å². The summed E-state index contributed by atoms with van der Waals surface area (Å²) >= 11 is 6.33. The molecule has 1 unspecified atom stereocenters. The van der Waals surface area contributed by atoms with Crippen LogP contribution in [-0.4, -0.2) is 4.98 Å². The second-order valence-corrected chi connectivity index (χ2v) is 5.24. The molecule has 2 aromatic rings. The first kappa shape index (κ1) is 12.2. The molecule has 17 heavy (non-hydrogen) atoms. The van der Waals surface area contributed by atoms with Crippen LogP contribution in [0.4, 0.5) is 0 Å². The molecule has 0 fully saturated rings. The summed E-state index contributed by atoms with van der Waals surface area (Å²) in [7, 11) is 0. The molecular formula is C13H16ClNO2. The van der Waals surface area contributed by atoms with Crippen LogP contribution < -0.4 is 5.76 Å². The highest BCUT2D eigenvalue weighted by molar-refractivity contribution is 6.20. The Morgan fingerprint density at radius 1 is 1.35 bits per heavy atom. The number of fused-ring (bicyclic) bond motifs is 1. The van der Waals surface area contributed by atoms with Crippen LogP contribution in [0.5, 0.6) is 0 Å². The Hall–Kier alpha value is -1.22. The minimum Gasteiger partial charge on any atom is -0.408 e. The molecule has 0 spiro atoms. The van der Waals surface area contributed by atoms with Gasteiger partial charge in [-0.25, -0.2) is 4.79 Å². The molecular weight excluding hydrogens is 238 g/mol. The van der Waals surface area contributed by atoms with E-state index in [1.807, 2.05) is 18.2 Å². The summed E-state index contributed by atoms with van der Waals surface area (Å²) in [5.41, 5.74) is 2.29. The predicted octanol–water partition coefficient (Wildman–Crippen LogP) is 3.84. The number of aromatic amines is 1. The van der Waals surface area contributed by atoms with Crippen LogP contribution in [0, 0.1) is 5.92 Å². The Labute approximate surface area is 105 Å². The van der Waals surface area contributed by atoms with Crippen LogP contribution in [0.1, 0.15) is 37.6 Å². The Balaban J connectivity index is 2.20. The van der Waals surface area contributed by atoms with E-state index >= 15 is 0 Å². The van der Waals surface area contributed by atoms with Gasteiger partial charge in [0.2, 0.25) is 0 Å². The van der Waals surface area contributed by atoms with Gasteiger partial charge in [-0.3, -0.25) is 4.98 Å². The lowest BCUT2D eigenvalue weighted by atomic mass is 10.0. The number of hydrogen-bond donors (Lipinski definition) is 1. The third kappa shape index (κ3) is 2.91. The highest BCUT2D eigenvalue weighted by Crippen LogP contribution is 2.29. The Kier molecular flexibility index (Phi) is 3.57. The monoisotopic (exact) mass is 253 g/mol. The number of oxazole rings is 1. The number of nitrogens with one attached hydrogen (secondary N) is 1. The highest BCUT2D eigenvalue weighted by atomic mass is 35.5. The number of aromatic nitrogens is 1. The summed E-state index contributed by atoms with van der Waals surface area (Å²) in [6.45, 7) is 4.36. The van der Waals surface area contributed by atoms with E-state index in [-0.39, 0.29) is 5.38 Å². The highest BCUT2D eigenvalue weighted by Gasteiger charge is 2.11. The number of hydrogen-bond acceptors (Lipinski definition) is 2. The summed E-state index contributed by atoms with van der Waals surface area (Å²) in [5, 5.41) is -0.0259. The molecule has 1 aromatic heterocycles. The van der Waals surface area contributed by atoms with E-state index in [2.05, 4.69) is 18.8 Å². The third-order valence-corrected chi connectivity index (χ3v) is 3.27. The van der Waals surface area contributed by atoms with Crippen LogP contribution in [0.2, 0.25) is 0 Å². The molecule has 2 rings (SSSR count). The van der Waals surface area contributed by atoms with Gasteiger partial charge in [-0.1, -0.05) is 19.9 Å². The number of halogens is 1. The van der Waals surface area contributed by atoms with Crippen molar-refractivity contribution in [3.05, 3.63) is 34.3 Å². The standard InChI is InChI=1S/C13H16ClNO2/c1-8(2)3-5-10(14)9-4-6-11-12(7-9)17-13(16)15-11/h4,6-8,10H,3,5H2,1-2H3,(H,15,16). The first-order valence-electron chi connectivity index (χ1n) is 5.83. The van der Waals surface area contributed by atoms with Crippen LogP contribution in [0.15, 0.2) is 27.4 Å². The average Bonchev–Trinajstić information content (AvgIpc) is 2.64. The maximum Gasteiger partial charge on any atom is 0.417 e. The zero-order chi connectivity index (χ0) is 12.4. The lowest BCUT2D eigenvalue weighted by Gasteiger charge is -2.11. The second-order valence-electron chi connectivity index (χ2n) is 4.71. The number of benzene rings is 1. The first-order chi connectivity index (χ1) is 8.06. The van der Waals surface area contributed by atoms with E-state index in [1.165, 1.54) is 0 Å². The van der Waals surface area contributed by atoms with Crippen LogP contribution >= 0.6 is 11.6 Å². The van der Waals surface area contributed by atoms with Gasteiger partial charge in [-0.15, -0.1) is 11.6 Å². The smallest absolute Gasteiger partial charge is 0.408 e. The third-order valence-electron chi connectivity index (χ3n) is 2.80. The SMILES string of the molecule is CC(C)CCC(Cl)c1ccc2[nH]c(=O)oc2c1. The first-order valence-corrected chi connectivity index (χ1v) is 6.26. The molecule has 92 valence electrons. The average molecular weight is 254 g/mol. The summed E-state index contributed by atoms with van der Waals surface area (Å²) in [5.74, 6) is 0.218. The molecule has 0 amide bonds. The fraction of sp³-hybridized carbons (Fsp3) is 0.462. The van der Waals surface area contributed by atoms with E-state index in [1.54, 1.807) is 0 Å². The molecule has 0 aliphatic heterocycles. The van der Waals surface area contributed by atoms with Crippen molar-refractivity contribution in [2.45, 2.75) is 32.1 Å². The molecule has 1 N–H and O–H groups in total. The van der Waals surface area contributed by atoms with Gasteiger partial charge in [-0.05, 0) is 36.5 Å². The fourth-order valence-corrected chi connectivity index (χ4v) is 2.06. The zero-order valence-electron chi connectivity index (χ0n) is 10.00.